The van der Waals surface area contributed by atoms with Crippen molar-refractivity contribution in [2.45, 2.75) is 6.54 Å². The average Bonchev–Trinajstić information content (AvgIpc) is 2.12. The molecule has 0 atom stereocenters. The molecule has 0 spiro atoms. The molecule has 0 aliphatic rings. The highest BCUT2D eigenvalue weighted by Gasteiger charge is 1.97. The van der Waals surface area contributed by atoms with Crippen molar-refractivity contribution in [2.24, 2.45) is 0 Å². The topological polar surface area (TPSA) is 32.3 Å². The Labute approximate surface area is 91.0 Å². The summed E-state index contributed by atoms with van der Waals surface area (Å²) in [6.45, 7) is 1.52. The molecule has 1 rings (SSSR count). The molecule has 0 bridgehead atoms. The Bertz CT molecular complexity index is 280. The van der Waals surface area contributed by atoms with Gasteiger partial charge in [0.05, 0.1) is 11.6 Å². The number of aliphatic hydroxyl groups excluding tert-OH is 1. The maximum atomic E-state index is 8.55. The molecule has 0 aliphatic heterocycles. The molecule has 2 N–H and O–H groups in total. The van der Waals surface area contributed by atoms with Gasteiger partial charge in [0.2, 0.25) is 0 Å². The Balaban J connectivity index is 2.53. The third kappa shape index (κ3) is 3.65. The lowest BCUT2D eigenvalue weighted by Crippen LogP contribution is -2.17. The Kier molecular flexibility index (Phi) is 4.73. The quantitative estimate of drug-likeness (QED) is 0.817. The van der Waals surface area contributed by atoms with Crippen LogP contribution in [0.25, 0.3) is 0 Å². The van der Waals surface area contributed by atoms with Crippen molar-refractivity contribution in [3.8, 4) is 0 Å². The summed E-state index contributed by atoms with van der Waals surface area (Å²) in [4.78, 5) is 0. The van der Waals surface area contributed by atoms with E-state index in [1.807, 2.05) is 18.2 Å². The van der Waals surface area contributed by atoms with Crippen molar-refractivity contribution >= 4 is 27.5 Å². The van der Waals surface area contributed by atoms with Gasteiger partial charge in [-0.15, -0.1) is 0 Å². The lowest BCUT2D eigenvalue weighted by molar-refractivity contribution is 0.292. The number of nitrogens with one attached hydrogen (secondary N) is 1. The molecule has 4 heteroatoms. The number of rotatable bonds is 4. The second-order valence-electron chi connectivity index (χ2n) is 2.65. The van der Waals surface area contributed by atoms with Crippen LogP contribution in [0.15, 0.2) is 22.7 Å². The average molecular weight is 265 g/mol. The zero-order valence-electron chi connectivity index (χ0n) is 7.06. The van der Waals surface area contributed by atoms with Gasteiger partial charge in [-0.3, -0.25) is 0 Å². The molecule has 1 aromatic rings. The molecule has 0 amide bonds. The van der Waals surface area contributed by atoms with Crippen LogP contribution < -0.4 is 5.32 Å². The number of halogens is 2. The van der Waals surface area contributed by atoms with E-state index in [0.717, 1.165) is 16.6 Å². The van der Waals surface area contributed by atoms with Gasteiger partial charge < -0.3 is 10.4 Å². The monoisotopic (exact) mass is 263 g/mol. The van der Waals surface area contributed by atoms with E-state index in [4.69, 9.17) is 16.7 Å². The van der Waals surface area contributed by atoms with Crippen LogP contribution in [-0.2, 0) is 6.54 Å². The molecular formula is C9H11BrClNO. The lowest BCUT2D eigenvalue weighted by Gasteiger charge is -2.04. The zero-order chi connectivity index (χ0) is 9.68. The molecule has 2 nitrogen and oxygen atoms in total. The van der Waals surface area contributed by atoms with Crippen molar-refractivity contribution in [3.63, 3.8) is 0 Å². The predicted octanol–water partition coefficient (Wildman–Crippen LogP) is 2.18. The molecule has 0 fully saturated rings. The van der Waals surface area contributed by atoms with Crippen LogP contribution in [0.3, 0.4) is 0 Å². The fourth-order valence-electron chi connectivity index (χ4n) is 0.961. The van der Waals surface area contributed by atoms with E-state index in [1.165, 1.54) is 0 Å². The largest absolute Gasteiger partial charge is 0.395 e. The molecule has 0 saturated heterocycles. The van der Waals surface area contributed by atoms with Crippen molar-refractivity contribution < 1.29 is 5.11 Å². The third-order valence-corrected chi connectivity index (χ3v) is 2.82. The van der Waals surface area contributed by atoms with Crippen molar-refractivity contribution in [3.05, 3.63) is 33.3 Å². The maximum Gasteiger partial charge on any atom is 0.0556 e. The molecule has 72 valence electrons. The summed E-state index contributed by atoms with van der Waals surface area (Å²) in [6.07, 6.45) is 0. The second-order valence-corrected chi connectivity index (χ2v) is 3.91. The first-order chi connectivity index (χ1) is 6.24. The molecule has 13 heavy (non-hydrogen) atoms. The molecule has 1 aromatic carbocycles. The van der Waals surface area contributed by atoms with Gasteiger partial charge in [-0.05, 0) is 33.6 Å². The van der Waals surface area contributed by atoms with E-state index < -0.39 is 0 Å². The number of benzene rings is 1. The minimum Gasteiger partial charge on any atom is -0.395 e. The molecule has 0 unspecified atom stereocenters. The van der Waals surface area contributed by atoms with Crippen LogP contribution in [0.4, 0.5) is 0 Å². The maximum absolute atomic E-state index is 8.55. The Morgan fingerprint density at radius 2 is 2.23 bits per heavy atom. The summed E-state index contributed by atoms with van der Waals surface area (Å²) in [7, 11) is 0. The molecule has 0 aliphatic carbocycles. The summed E-state index contributed by atoms with van der Waals surface area (Å²) in [5.74, 6) is 0. The van der Waals surface area contributed by atoms with Crippen LogP contribution in [0, 0.1) is 0 Å². The van der Waals surface area contributed by atoms with E-state index in [0.29, 0.717) is 11.6 Å². The Morgan fingerprint density at radius 3 is 2.85 bits per heavy atom. The van der Waals surface area contributed by atoms with Crippen molar-refractivity contribution in [1.82, 2.24) is 5.32 Å². The van der Waals surface area contributed by atoms with E-state index in [2.05, 4.69) is 21.2 Å². The van der Waals surface area contributed by atoms with Gasteiger partial charge in [0.25, 0.3) is 0 Å². The van der Waals surface area contributed by atoms with Gasteiger partial charge in [0.15, 0.2) is 0 Å². The molecular weight excluding hydrogens is 253 g/mol. The first kappa shape index (κ1) is 11.0. The van der Waals surface area contributed by atoms with Crippen LogP contribution in [0.1, 0.15) is 5.56 Å². The second kappa shape index (κ2) is 5.60. The molecule has 0 aromatic heterocycles. The van der Waals surface area contributed by atoms with Crippen LogP contribution in [0.2, 0.25) is 5.02 Å². The first-order valence-electron chi connectivity index (χ1n) is 3.99. The molecule has 0 radical (unpaired) electrons. The smallest absolute Gasteiger partial charge is 0.0556 e. The van der Waals surface area contributed by atoms with Crippen molar-refractivity contribution in [2.75, 3.05) is 13.2 Å². The van der Waals surface area contributed by atoms with Gasteiger partial charge in [-0.2, -0.15) is 0 Å². The Hall–Kier alpha value is -0.0900. The highest BCUT2D eigenvalue weighted by molar-refractivity contribution is 9.10. The third-order valence-electron chi connectivity index (χ3n) is 1.60. The highest BCUT2D eigenvalue weighted by atomic mass is 79.9. The van der Waals surface area contributed by atoms with Gasteiger partial charge in [-0.25, -0.2) is 0 Å². The standard InChI is InChI=1S/C9H11BrClNO/c10-8-5-7(1-2-9(8)11)6-12-3-4-13/h1-2,5,12-13H,3-4,6H2. The highest BCUT2D eigenvalue weighted by Crippen LogP contribution is 2.22. The lowest BCUT2D eigenvalue weighted by atomic mass is 10.2. The van der Waals surface area contributed by atoms with Crippen LogP contribution in [0.5, 0.6) is 0 Å². The molecule has 0 saturated carbocycles. The number of hydrogen-bond donors (Lipinski definition) is 2. The minimum atomic E-state index is 0.161. The van der Waals surface area contributed by atoms with Gasteiger partial charge in [-0.1, -0.05) is 17.7 Å². The van der Waals surface area contributed by atoms with Crippen molar-refractivity contribution in [1.29, 1.82) is 0 Å². The summed E-state index contributed by atoms with van der Waals surface area (Å²) >= 11 is 9.18. The SMILES string of the molecule is OCCNCc1ccc(Cl)c(Br)c1. The van der Waals surface area contributed by atoms with E-state index in [9.17, 15) is 0 Å². The Morgan fingerprint density at radius 1 is 1.46 bits per heavy atom. The summed E-state index contributed by atoms with van der Waals surface area (Å²) < 4.78 is 0.900. The van der Waals surface area contributed by atoms with Gasteiger partial charge in [0.1, 0.15) is 0 Å². The minimum absolute atomic E-state index is 0.161. The molecule has 0 heterocycles. The summed E-state index contributed by atoms with van der Waals surface area (Å²) in [5, 5.41) is 12.3. The van der Waals surface area contributed by atoms with Crippen LogP contribution >= 0.6 is 27.5 Å². The predicted molar refractivity (Wildman–Crippen MR) is 57.9 cm³/mol. The number of hydrogen-bond acceptors (Lipinski definition) is 2. The zero-order valence-corrected chi connectivity index (χ0v) is 9.40. The fraction of sp³-hybridized carbons (Fsp3) is 0.333. The van der Waals surface area contributed by atoms with Crippen LogP contribution in [-0.4, -0.2) is 18.3 Å². The fourth-order valence-corrected chi connectivity index (χ4v) is 1.51. The van der Waals surface area contributed by atoms with E-state index in [-0.39, 0.29) is 6.61 Å². The van der Waals surface area contributed by atoms with Gasteiger partial charge >= 0.3 is 0 Å². The van der Waals surface area contributed by atoms with E-state index >= 15 is 0 Å². The van der Waals surface area contributed by atoms with E-state index in [1.54, 1.807) is 0 Å². The van der Waals surface area contributed by atoms with Gasteiger partial charge in [0, 0.05) is 17.6 Å². The first-order valence-corrected chi connectivity index (χ1v) is 5.16. The normalized spacial score (nSPS) is 10.4. The summed E-state index contributed by atoms with van der Waals surface area (Å²) in [5.41, 5.74) is 1.14. The number of aliphatic hydroxyl groups is 1. The summed E-state index contributed by atoms with van der Waals surface area (Å²) in [6, 6.07) is 5.77.